The van der Waals surface area contributed by atoms with Crippen LogP contribution in [0.15, 0.2) is 48.5 Å². The van der Waals surface area contributed by atoms with Crippen LogP contribution in [0.5, 0.6) is 0 Å². The third-order valence-corrected chi connectivity index (χ3v) is 3.24. The molecule has 0 bridgehead atoms. The first-order chi connectivity index (χ1) is 9.60. The molecule has 0 spiro atoms. The third kappa shape index (κ3) is 3.48. The highest BCUT2D eigenvalue weighted by atomic mass is 35.5. The summed E-state index contributed by atoms with van der Waals surface area (Å²) in [6, 6.07) is 13.5. The lowest BCUT2D eigenvalue weighted by Crippen LogP contribution is -1.93. The van der Waals surface area contributed by atoms with Gasteiger partial charge in [-0.1, -0.05) is 29.3 Å². The normalized spacial score (nSPS) is 10.4. The fourth-order valence-electron chi connectivity index (χ4n) is 1.61. The zero-order valence-electron chi connectivity index (χ0n) is 10.3. The molecule has 4 heteroatoms. The molecular weight excluding hydrogens is 293 g/mol. The van der Waals surface area contributed by atoms with Crippen LogP contribution in [0.1, 0.15) is 21.5 Å². The van der Waals surface area contributed by atoms with E-state index in [1.807, 2.05) is 6.07 Å². The van der Waals surface area contributed by atoms with Crippen molar-refractivity contribution in [2.24, 2.45) is 0 Å². The first-order valence-corrected chi connectivity index (χ1v) is 6.53. The molecule has 0 radical (unpaired) electrons. The van der Waals surface area contributed by atoms with Gasteiger partial charge in [0, 0.05) is 15.6 Å². The molecule has 0 aliphatic carbocycles. The Morgan fingerprint density at radius 3 is 2.40 bits per heavy atom. The minimum atomic E-state index is -0.152. The van der Waals surface area contributed by atoms with Crippen molar-refractivity contribution in [3.05, 3.63) is 75.3 Å². The summed E-state index contributed by atoms with van der Waals surface area (Å²) in [5, 5.41) is 9.73. The first-order valence-electron chi connectivity index (χ1n) is 5.78. The molecule has 0 aromatic heterocycles. The van der Waals surface area contributed by atoms with E-state index in [4.69, 9.17) is 28.5 Å². The Hall–Kier alpha value is -2.08. The smallest absolute Gasteiger partial charge is 0.185 e. The third-order valence-electron chi connectivity index (χ3n) is 2.68. The molecular formula is C16H9Cl2NO. The molecule has 98 valence electrons. The molecule has 2 nitrogen and oxygen atoms in total. The molecule has 2 rings (SSSR count). The van der Waals surface area contributed by atoms with Gasteiger partial charge in [0.05, 0.1) is 11.6 Å². The largest absolute Gasteiger partial charge is 0.289 e. The molecule has 20 heavy (non-hydrogen) atoms. The summed E-state index contributed by atoms with van der Waals surface area (Å²) in [5.41, 5.74) is 1.76. The zero-order valence-corrected chi connectivity index (χ0v) is 11.8. The number of ketones is 1. The summed E-state index contributed by atoms with van der Waals surface area (Å²) in [6.45, 7) is 0. The summed E-state index contributed by atoms with van der Waals surface area (Å²) in [6.07, 6.45) is 3.08. The molecule has 0 heterocycles. The molecule has 0 fully saturated rings. The zero-order chi connectivity index (χ0) is 14.5. The maximum Gasteiger partial charge on any atom is 0.185 e. The number of nitrogens with zero attached hydrogens (tertiary/aromatic N) is 1. The molecule has 0 atom stereocenters. The lowest BCUT2D eigenvalue weighted by molar-refractivity contribution is 0.104. The second kappa shape index (κ2) is 6.38. The number of nitriles is 1. The molecule has 2 aromatic carbocycles. The van der Waals surface area contributed by atoms with Crippen LogP contribution in [0.3, 0.4) is 0 Å². The number of allylic oxidation sites excluding steroid dienone is 1. The fraction of sp³-hybridized carbons (Fsp3) is 0. The van der Waals surface area contributed by atoms with Crippen LogP contribution in [-0.4, -0.2) is 5.78 Å². The van der Waals surface area contributed by atoms with E-state index in [-0.39, 0.29) is 5.78 Å². The highest BCUT2D eigenvalue weighted by Gasteiger charge is 2.03. The average Bonchev–Trinajstić information content (AvgIpc) is 2.46. The predicted molar refractivity (Wildman–Crippen MR) is 81.0 cm³/mol. The highest BCUT2D eigenvalue weighted by Crippen LogP contribution is 2.22. The van der Waals surface area contributed by atoms with Crippen LogP contribution in [0.4, 0.5) is 0 Å². The van der Waals surface area contributed by atoms with Gasteiger partial charge in [-0.2, -0.15) is 5.26 Å². The number of rotatable bonds is 3. The van der Waals surface area contributed by atoms with Gasteiger partial charge in [0.2, 0.25) is 0 Å². The topological polar surface area (TPSA) is 40.9 Å². The summed E-state index contributed by atoms with van der Waals surface area (Å²) >= 11 is 11.8. The standard InChI is InChI=1S/C16H9Cl2NO/c17-14-7-5-12(15(18)9-14)6-8-16(20)13-3-1-11(10-19)2-4-13/h1-9H. The lowest BCUT2D eigenvalue weighted by atomic mass is 10.1. The molecule has 0 unspecified atom stereocenters. The first kappa shape index (κ1) is 14.3. The van der Waals surface area contributed by atoms with Crippen molar-refractivity contribution in [3.8, 4) is 6.07 Å². The Kier molecular flexibility index (Phi) is 4.57. The summed E-state index contributed by atoms with van der Waals surface area (Å²) in [5.74, 6) is -0.152. The minimum absolute atomic E-state index is 0.152. The van der Waals surface area contributed by atoms with Crippen LogP contribution in [0, 0.1) is 11.3 Å². The van der Waals surface area contributed by atoms with Gasteiger partial charge >= 0.3 is 0 Å². The second-order valence-electron chi connectivity index (χ2n) is 4.05. The van der Waals surface area contributed by atoms with Crippen molar-refractivity contribution in [1.29, 1.82) is 5.26 Å². The molecule has 0 amide bonds. The van der Waals surface area contributed by atoms with Gasteiger partial charge in [0.25, 0.3) is 0 Å². The van der Waals surface area contributed by atoms with Crippen molar-refractivity contribution in [2.45, 2.75) is 0 Å². The van der Waals surface area contributed by atoms with E-state index in [2.05, 4.69) is 0 Å². The number of carbonyl (C=O) groups excluding carboxylic acids is 1. The Labute approximate surface area is 126 Å². The Bertz CT molecular complexity index is 712. The van der Waals surface area contributed by atoms with E-state index in [1.54, 1.807) is 48.5 Å². The van der Waals surface area contributed by atoms with Crippen molar-refractivity contribution in [1.82, 2.24) is 0 Å². The maximum atomic E-state index is 12.0. The van der Waals surface area contributed by atoms with Crippen molar-refractivity contribution in [2.75, 3.05) is 0 Å². The molecule has 0 N–H and O–H groups in total. The van der Waals surface area contributed by atoms with Gasteiger partial charge in [-0.05, 0) is 54.1 Å². The Morgan fingerprint density at radius 2 is 1.80 bits per heavy atom. The van der Waals surface area contributed by atoms with E-state index in [0.717, 1.165) is 5.56 Å². The summed E-state index contributed by atoms with van der Waals surface area (Å²) in [7, 11) is 0. The van der Waals surface area contributed by atoms with Crippen LogP contribution in [-0.2, 0) is 0 Å². The van der Waals surface area contributed by atoms with Gasteiger partial charge in [-0.3, -0.25) is 4.79 Å². The molecule has 0 aliphatic rings. The maximum absolute atomic E-state index is 12.0. The van der Waals surface area contributed by atoms with Crippen LogP contribution in [0.2, 0.25) is 10.0 Å². The lowest BCUT2D eigenvalue weighted by Gasteiger charge is -1.99. The van der Waals surface area contributed by atoms with E-state index in [9.17, 15) is 4.79 Å². The van der Waals surface area contributed by atoms with Crippen LogP contribution < -0.4 is 0 Å². The monoisotopic (exact) mass is 301 g/mol. The fourth-order valence-corrected chi connectivity index (χ4v) is 2.08. The molecule has 0 saturated heterocycles. The Balaban J connectivity index is 2.18. The van der Waals surface area contributed by atoms with Crippen molar-refractivity contribution in [3.63, 3.8) is 0 Å². The van der Waals surface area contributed by atoms with Crippen molar-refractivity contribution < 1.29 is 4.79 Å². The predicted octanol–water partition coefficient (Wildman–Crippen LogP) is 4.76. The number of hydrogen-bond acceptors (Lipinski definition) is 2. The highest BCUT2D eigenvalue weighted by molar-refractivity contribution is 6.35. The second-order valence-corrected chi connectivity index (χ2v) is 4.90. The van der Waals surface area contributed by atoms with Crippen LogP contribution in [0.25, 0.3) is 6.08 Å². The average molecular weight is 302 g/mol. The minimum Gasteiger partial charge on any atom is -0.289 e. The van der Waals surface area contributed by atoms with Gasteiger partial charge < -0.3 is 0 Å². The van der Waals surface area contributed by atoms with Crippen LogP contribution >= 0.6 is 23.2 Å². The van der Waals surface area contributed by atoms with Gasteiger partial charge in [-0.15, -0.1) is 0 Å². The molecule has 2 aromatic rings. The summed E-state index contributed by atoms with van der Waals surface area (Å²) < 4.78 is 0. The number of halogens is 2. The van der Waals surface area contributed by atoms with Gasteiger partial charge in [0.15, 0.2) is 5.78 Å². The number of carbonyl (C=O) groups is 1. The number of hydrogen-bond donors (Lipinski definition) is 0. The van der Waals surface area contributed by atoms with Gasteiger partial charge in [0.1, 0.15) is 0 Å². The van der Waals surface area contributed by atoms with E-state index in [1.165, 1.54) is 6.08 Å². The van der Waals surface area contributed by atoms with Crippen molar-refractivity contribution >= 4 is 35.1 Å². The quantitative estimate of drug-likeness (QED) is 0.606. The number of benzene rings is 2. The van der Waals surface area contributed by atoms with E-state index in [0.29, 0.717) is 21.2 Å². The SMILES string of the molecule is N#Cc1ccc(C(=O)C=Cc2ccc(Cl)cc2Cl)cc1. The molecule has 0 saturated carbocycles. The van der Waals surface area contributed by atoms with Gasteiger partial charge in [-0.25, -0.2) is 0 Å². The molecule has 0 aliphatic heterocycles. The Morgan fingerprint density at radius 1 is 1.10 bits per heavy atom. The van der Waals surface area contributed by atoms with E-state index >= 15 is 0 Å². The summed E-state index contributed by atoms with van der Waals surface area (Å²) in [4.78, 5) is 12.0. The van der Waals surface area contributed by atoms with E-state index < -0.39 is 0 Å².